The quantitative estimate of drug-likeness (QED) is 0.776. The first-order valence-electron chi connectivity index (χ1n) is 5.74. The summed E-state index contributed by atoms with van der Waals surface area (Å²) in [6.45, 7) is 1.82. The van der Waals surface area contributed by atoms with Crippen LogP contribution in [-0.4, -0.2) is 8.42 Å². The second kappa shape index (κ2) is 5.82. The molecule has 0 aromatic heterocycles. The van der Waals surface area contributed by atoms with E-state index in [-0.39, 0.29) is 15.6 Å². The van der Waals surface area contributed by atoms with E-state index in [0.717, 1.165) is 22.2 Å². The minimum atomic E-state index is -3.96. The number of sulfonamides is 1. The highest BCUT2D eigenvalue weighted by Crippen LogP contribution is 2.28. The van der Waals surface area contributed by atoms with Crippen molar-refractivity contribution in [3.05, 3.63) is 51.2 Å². The maximum atomic E-state index is 13.2. The van der Waals surface area contributed by atoms with Gasteiger partial charge in [0.15, 0.2) is 0 Å². The summed E-state index contributed by atoms with van der Waals surface area (Å²) in [5, 5.41) is -0.233. The van der Waals surface area contributed by atoms with Crippen LogP contribution in [0.25, 0.3) is 0 Å². The Morgan fingerprint density at radius 2 is 1.95 bits per heavy atom. The van der Waals surface area contributed by atoms with Gasteiger partial charge in [-0.2, -0.15) is 0 Å². The SMILES string of the molecule is Cc1cc(NS(=O)(=O)c2cc(N)c(F)cc2Cl)ccc1Br. The lowest BCUT2D eigenvalue weighted by Crippen LogP contribution is -2.14. The molecule has 0 saturated heterocycles. The number of nitrogens with one attached hydrogen (secondary N) is 1. The third-order valence-electron chi connectivity index (χ3n) is 2.75. The summed E-state index contributed by atoms with van der Waals surface area (Å²) >= 11 is 9.11. The molecule has 0 bridgehead atoms. The van der Waals surface area contributed by atoms with E-state index in [1.807, 2.05) is 6.92 Å². The van der Waals surface area contributed by atoms with E-state index in [1.165, 1.54) is 0 Å². The molecule has 3 N–H and O–H groups in total. The molecule has 0 radical (unpaired) electrons. The summed E-state index contributed by atoms with van der Waals surface area (Å²) in [6.07, 6.45) is 0. The molecule has 21 heavy (non-hydrogen) atoms. The van der Waals surface area contributed by atoms with Crippen LogP contribution in [0.3, 0.4) is 0 Å². The Balaban J connectivity index is 2.43. The van der Waals surface area contributed by atoms with Crippen molar-refractivity contribution < 1.29 is 12.8 Å². The minimum absolute atomic E-state index is 0.233. The Labute approximate surface area is 135 Å². The lowest BCUT2D eigenvalue weighted by Gasteiger charge is -2.11. The number of aryl methyl sites for hydroxylation is 1. The third kappa shape index (κ3) is 3.48. The van der Waals surface area contributed by atoms with E-state index >= 15 is 0 Å². The zero-order chi connectivity index (χ0) is 15.8. The zero-order valence-corrected chi connectivity index (χ0v) is 14.0. The molecule has 0 unspecified atom stereocenters. The summed E-state index contributed by atoms with van der Waals surface area (Å²) in [5.74, 6) is -0.765. The first kappa shape index (κ1) is 16.1. The molecule has 0 atom stereocenters. The van der Waals surface area contributed by atoms with Crippen molar-refractivity contribution >= 4 is 48.9 Å². The number of anilines is 2. The van der Waals surface area contributed by atoms with Crippen LogP contribution in [0.15, 0.2) is 39.7 Å². The molecule has 0 aliphatic rings. The second-order valence-electron chi connectivity index (χ2n) is 4.37. The fourth-order valence-corrected chi connectivity index (χ4v) is 3.52. The molecule has 0 aliphatic heterocycles. The Morgan fingerprint density at radius 1 is 1.29 bits per heavy atom. The normalized spacial score (nSPS) is 11.4. The fraction of sp³-hybridized carbons (Fsp3) is 0.0769. The van der Waals surface area contributed by atoms with Crippen LogP contribution in [0.4, 0.5) is 15.8 Å². The molecule has 0 spiro atoms. The summed E-state index contributed by atoms with van der Waals surface area (Å²) in [6, 6.07) is 6.83. The molecule has 8 heteroatoms. The molecule has 0 heterocycles. The smallest absolute Gasteiger partial charge is 0.263 e. The molecule has 0 amide bonds. The van der Waals surface area contributed by atoms with Crippen LogP contribution in [0.2, 0.25) is 5.02 Å². The lowest BCUT2D eigenvalue weighted by atomic mass is 10.2. The molecule has 0 fully saturated rings. The lowest BCUT2D eigenvalue weighted by molar-refractivity contribution is 0.600. The maximum Gasteiger partial charge on any atom is 0.263 e. The van der Waals surface area contributed by atoms with Crippen LogP contribution in [0.1, 0.15) is 5.56 Å². The number of rotatable bonds is 3. The van der Waals surface area contributed by atoms with Crippen LogP contribution in [0.5, 0.6) is 0 Å². The molecule has 2 aromatic rings. The van der Waals surface area contributed by atoms with Gasteiger partial charge in [0.05, 0.1) is 10.7 Å². The number of nitrogens with two attached hydrogens (primary N) is 1. The van der Waals surface area contributed by atoms with Crippen LogP contribution < -0.4 is 10.5 Å². The largest absolute Gasteiger partial charge is 0.396 e. The van der Waals surface area contributed by atoms with Gasteiger partial charge in [0, 0.05) is 10.2 Å². The van der Waals surface area contributed by atoms with Crippen molar-refractivity contribution in [3.63, 3.8) is 0 Å². The Morgan fingerprint density at radius 3 is 2.57 bits per heavy atom. The highest BCUT2D eigenvalue weighted by atomic mass is 79.9. The predicted molar refractivity (Wildman–Crippen MR) is 85.5 cm³/mol. The van der Waals surface area contributed by atoms with Gasteiger partial charge >= 0.3 is 0 Å². The van der Waals surface area contributed by atoms with Gasteiger partial charge in [-0.3, -0.25) is 4.72 Å². The summed E-state index contributed by atoms with van der Waals surface area (Å²) in [4.78, 5) is -0.274. The van der Waals surface area contributed by atoms with E-state index in [1.54, 1.807) is 18.2 Å². The molecule has 112 valence electrons. The van der Waals surface area contributed by atoms with E-state index in [4.69, 9.17) is 17.3 Å². The van der Waals surface area contributed by atoms with E-state index in [2.05, 4.69) is 20.7 Å². The molecule has 4 nitrogen and oxygen atoms in total. The number of halogens is 3. The first-order valence-corrected chi connectivity index (χ1v) is 8.39. The minimum Gasteiger partial charge on any atom is -0.396 e. The molecule has 2 rings (SSSR count). The van der Waals surface area contributed by atoms with Gasteiger partial charge in [0.1, 0.15) is 10.7 Å². The topological polar surface area (TPSA) is 72.2 Å². The average molecular weight is 394 g/mol. The zero-order valence-electron chi connectivity index (χ0n) is 10.8. The van der Waals surface area contributed by atoms with Gasteiger partial charge in [-0.05, 0) is 42.8 Å². The van der Waals surface area contributed by atoms with Gasteiger partial charge < -0.3 is 5.73 Å². The summed E-state index contributed by atoms with van der Waals surface area (Å²) in [7, 11) is -3.96. The van der Waals surface area contributed by atoms with E-state index < -0.39 is 15.8 Å². The Kier molecular flexibility index (Phi) is 4.46. The van der Waals surface area contributed by atoms with Crippen molar-refractivity contribution in [1.29, 1.82) is 0 Å². The molecular formula is C13H11BrClFN2O2S. The molecule has 0 saturated carbocycles. The van der Waals surface area contributed by atoms with Crippen molar-refractivity contribution in [2.24, 2.45) is 0 Å². The summed E-state index contributed by atoms with van der Waals surface area (Å²) in [5.41, 5.74) is 6.34. The monoisotopic (exact) mass is 392 g/mol. The number of nitrogen functional groups attached to an aromatic ring is 1. The van der Waals surface area contributed by atoms with E-state index in [9.17, 15) is 12.8 Å². The molecule has 2 aromatic carbocycles. The number of hydrogen-bond donors (Lipinski definition) is 2. The third-order valence-corrected chi connectivity index (χ3v) is 5.49. The van der Waals surface area contributed by atoms with Crippen LogP contribution in [0, 0.1) is 12.7 Å². The van der Waals surface area contributed by atoms with Crippen molar-refractivity contribution in [1.82, 2.24) is 0 Å². The van der Waals surface area contributed by atoms with Crippen molar-refractivity contribution in [2.45, 2.75) is 11.8 Å². The average Bonchev–Trinajstić information content (AvgIpc) is 2.37. The van der Waals surface area contributed by atoms with Gasteiger partial charge in [0.25, 0.3) is 10.0 Å². The maximum absolute atomic E-state index is 13.2. The van der Waals surface area contributed by atoms with Gasteiger partial charge in [0.2, 0.25) is 0 Å². The highest BCUT2D eigenvalue weighted by molar-refractivity contribution is 9.10. The molecule has 0 aliphatic carbocycles. The second-order valence-corrected chi connectivity index (χ2v) is 7.29. The van der Waals surface area contributed by atoms with Gasteiger partial charge in [-0.25, -0.2) is 12.8 Å². The van der Waals surface area contributed by atoms with Gasteiger partial charge in [-0.15, -0.1) is 0 Å². The van der Waals surface area contributed by atoms with Crippen LogP contribution >= 0.6 is 27.5 Å². The fourth-order valence-electron chi connectivity index (χ4n) is 1.67. The number of benzene rings is 2. The highest BCUT2D eigenvalue weighted by Gasteiger charge is 2.20. The van der Waals surface area contributed by atoms with Crippen molar-refractivity contribution in [2.75, 3.05) is 10.5 Å². The Hall–Kier alpha value is -1.31. The van der Waals surface area contributed by atoms with Crippen LogP contribution in [-0.2, 0) is 10.0 Å². The number of hydrogen-bond acceptors (Lipinski definition) is 3. The van der Waals surface area contributed by atoms with E-state index in [0.29, 0.717) is 5.69 Å². The predicted octanol–water partition coefficient (Wildman–Crippen LogP) is 3.93. The summed E-state index contributed by atoms with van der Waals surface area (Å²) < 4.78 is 41.1. The first-order chi connectivity index (χ1) is 9.70. The standard InChI is InChI=1S/C13H11BrClFN2O2S/c1-7-4-8(2-3-9(7)14)18-21(19,20)13-6-12(17)11(16)5-10(13)15/h2-6,18H,17H2,1H3. The van der Waals surface area contributed by atoms with Crippen molar-refractivity contribution in [3.8, 4) is 0 Å². The molecular weight excluding hydrogens is 383 g/mol. The Bertz CT molecular complexity index is 812. The van der Waals surface area contributed by atoms with Gasteiger partial charge in [-0.1, -0.05) is 27.5 Å².